The van der Waals surface area contributed by atoms with Gasteiger partial charge in [0, 0.05) is 0 Å². The van der Waals surface area contributed by atoms with Gasteiger partial charge in [0.1, 0.15) is 16.3 Å². The first kappa shape index (κ1) is 9.46. The van der Waals surface area contributed by atoms with Crippen LogP contribution >= 0.6 is 15.9 Å². The quantitative estimate of drug-likeness (QED) is 0.781. The first-order valence-corrected chi connectivity index (χ1v) is 5.21. The highest BCUT2D eigenvalue weighted by molar-refractivity contribution is 9.10. The minimum Gasteiger partial charge on any atom is -0.463 e. The minimum atomic E-state index is -0.0125. The Morgan fingerprint density at radius 3 is 2.93 bits per heavy atom. The van der Waals surface area contributed by atoms with E-state index < -0.39 is 0 Å². The lowest BCUT2D eigenvalue weighted by atomic mass is 10.1. The SMILES string of the molecule is CCc1ccc2occ(Br)c(=O)c2c1. The van der Waals surface area contributed by atoms with Crippen LogP contribution in [0, 0.1) is 0 Å². The van der Waals surface area contributed by atoms with Gasteiger partial charge in [-0.3, -0.25) is 4.79 Å². The van der Waals surface area contributed by atoms with Gasteiger partial charge < -0.3 is 4.42 Å². The maximum Gasteiger partial charge on any atom is 0.206 e. The van der Waals surface area contributed by atoms with E-state index in [1.54, 1.807) is 0 Å². The standard InChI is InChI=1S/C11H9BrO2/c1-2-7-3-4-10-8(5-7)11(13)9(12)6-14-10/h3-6H,2H2,1H3. The summed E-state index contributed by atoms with van der Waals surface area (Å²) in [6.07, 6.45) is 2.35. The normalized spacial score (nSPS) is 10.7. The van der Waals surface area contributed by atoms with Gasteiger partial charge in [0.15, 0.2) is 0 Å². The molecule has 3 heteroatoms. The summed E-state index contributed by atoms with van der Waals surface area (Å²) >= 11 is 3.16. The fourth-order valence-corrected chi connectivity index (χ4v) is 1.68. The summed E-state index contributed by atoms with van der Waals surface area (Å²) in [5.74, 6) is 0. The number of aryl methyl sites for hydroxylation is 1. The fourth-order valence-electron chi connectivity index (χ4n) is 1.37. The summed E-state index contributed by atoms with van der Waals surface area (Å²) in [6.45, 7) is 2.06. The third-order valence-electron chi connectivity index (χ3n) is 2.20. The second-order valence-electron chi connectivity index (χ2n) is 3.10. The summed E-state index contributed by atoms with van der Waals surface area (Å²) in [6, 6.07) is 5.69. The molecule has 0 atom stereocenters. The third kappa shape index (κ3) is 1.48. The molecule has 0 saturated carbocycles. The Kier molecular flexibility index (Phi) is 2.42. The van der Waals surface area contributed by atoms with Crippen molar-refractivity contribution in [1.82, 2.24) is 0 Å². The van der Waals surface area contributed by atoms with Gasteiger partial charge in [0.25, 0.3) is 0 Å². The first-order chi connectivity index (χ1) is 6.72. The molecule has 1 heterocycles. The van der Waals surface area contributed by atoms with Crippen molar-refractivity contribution in [1.29, 1.82) is 0 Å². The number of fused-ring (bicyclic) bond motifs is 1. The Morgan fingerprint density at radius 2 is 2.21 bits per heavy atom. The molecule has 0 bridgehead atoms. The Morgan fingerprint density at radius 1 is 1.43 bits per heavy atom. The lowest BCUT2D eigenvalue weighted by Gasteiger charge is -1.99. The molecular formula is C11H9BrO2. The molecule has 0 aliphatic rings. The zero-order valence-electron chi connectivity index (χ0n) is 7.71. The highest BCUT2D eigenvalue weighted by atomic mass is 79.9. The van der Waals surface area contributed by atoms with E-state index in [2.05, 4.69) is 22.9 Å². The van der Waals surface area contributed by atoms with E-state index in [0.29, 0.717) is 15.4 Å². The molecule has 0 N–H and O–H groups in total. The van der Waals surface area contributed by atoms with Crippen LogP contribution in [0.2, 0.25) is 0 Å². The van der Waals surface area contributed by atoms with Crippen LogP contribution in [0.25, 0.3) is 11.0 Å². The predicted octanol–water partition coefficient (Wildman–Crippen LogP) is 3.12. The second kappa shape index (κ2) is 3.58. The van der Waals surface area contributed by atoms with Crippen LogP contribution in [0.5, 0.6) is 0 Å². The molecule has 2 rings (SSSR count). The van der Waals surface area contributed by atoms with E-state index in [0.717, 1.165) is 12.0 Å². The van der Waals surface area contributed by atoms with E-state index in [9.17, 15) is 4.79 Å². The van der Waals surface area contributed by atoms with Crippen molar-refractivity contribution < 1.29 is 4.42 Å². The Balaban J connectivity index is 2.85. The Labute approximate surface area is 89.7 Å². The van der Waals surface area contributed by atoms with Gasteiger partial charge in [-0.1, -0.05) is 13.0 Å². The summed E-state index contributed by atoms with van der Waals surface area (Å²) in [5, 5.41) is 0.638. The van der Waals surface area contributed by atoms with Gasteiger partial charge in [0.2, 0.25) is 5.43 Å². The molecular weight excluding hydrogens is 244 g/mol. The predicted molar refractivity (Wildman–Crippen MR) is 59.6 cm³/mol. The van der Waals surface area contributed by atoms with Crippen molar-refractivity contribution in [2.45, 2.75) is 13.3 Å². The highest BCUT2D eigenvalue weighted by Crippen LogP contribution is 2.16. The summed E-state index contributed by atoms with van der Waals surface area (Å²) in [5.41, 5.74) is 1.76. The molecule has 0 saturated heterocycles. The van der Waals surface area contributed by atoms with Crippen LogP contribution in [0.1, 0.15) is 12.5 Å². The fraction of sp³-hybridized carbons (Fsp3) is 0.182. The largest absolute Gasteiger partial charge is 0.463 e. The molecule has 2 nitrogen and oxygen atoms in total. The van der Waals surface area contributed by atoms with Crippen LogP contribution in [-0.2, 0) is 6.42 Å². The molecule has 0 aliphatic carbocycles. The molecule has 2 aromatic rings. The molecule has 1 aromatic carbocycles. The van der Waals surface area contributed by atoms with E-state index in [1.165, 1.54) is 6.26 Å². The van der Waals surface area contributed by atoms with Gasteiger partial charge in [-0.15, -0.1) is 0 Å². The Bertz CT molecular complexity index is 528. The minimum absolute atomic E-state index is 0.0125. The van der Waals surface area contributed by atoms with Crippen molar-refractivity contribution in [3.63, 3.8) is 0 Å². The number of rotatable bonds is 1. The summed E-state index contributed by atoms with van der Waals surface area (Å²) in [4.78, 5) is 11.7. The number of benzene rings is 1. The third-order valence-corrected chi connectivity index (χ3v) is 2.75. The van der Waals surface area contributed by atoms with Crippen molar-refractivity contribution in [3.8, 4) is 0 Å². The molecule has 14 heavy (non-hydrogen) atoms. The summed E-state index contributed by atoms with van der Waals surface area (Å²) < 4.78 is 5.75. The van der Waals surface area contributed by atoms with Crippen LogP contribution in [-0.4, -0.2) is 0 Å². The van der Waals surface area contributed by atoms with E-state index in [4.69, 9.17) is 4.42 Å². The number of hydrogen-bond acceptors (Lipinski definition) is 2. The second-order valence-corrected chi connectivity index (χ2v) is 3.95. The molecule has 0 amide bonds. The van der Waals surface area contributed by atoms with E-state index in [1.807, 2.05) is 18.2 Å². The number of hydrogen-bond donors (Lipinski definition) is 0. The van der Waals surface area contributed by atoms with Crippen LogP contribution < -0.4 is 5.43 Å². The van der Waals surface area contributed by atoms with Crippen LogP contribution in [0.4, 0.5) is 0 Å². The van der Waals surface area contributed by atoms with Crippen LogP contribution in [0.15, 0.2) is 38.1 Å². The maximum atomic E-state index is 11.7. The molecule has 0 spiro atoms. The molecule has 0 fully saturated rings. The van der Waals surface area contributed by atoms with Gasteiger partial charge in [-0.05, 0) is 40.0 Å². The topological polar surface area (TPSA) is 30.2 Å². The van der Waals surface area contributed by atoms with Gasteiger partial charge in [-0.2, -0.15) is 0 Å². The Hall–Kier alpha value is -1.09. The zero-order chi connectivity index (χ0) is 10.1. The molecule has 0 aliphatic heterocycles. The van der Waals surface area contributed by atoms with Crippen LogP contribution in [0.3, 0.4) is 0 Å². The lowest BCUT2D eigenvalue weighted by molar-refractivity contribution is 0.598. The lowest BCUT2D eigenvalue weighted by Crippen LogP contribution is -2.01. The maximum absolute atomic E-state index is 11.7. The first-order valence-electron chi connectivity index (χ1n) is 4.42. The molecule has 72 valence electrons. The molecule has 0 unspecified atom stereocenters. The van der Waals surface area contributed by atoms with Crippen molar-refractivity contribution in [3.05, 3.63) is 44.7 Å². The number of halogens is 1. The highest BCUT2D eigenvalue weighted by Gasteiger charge is 2.04. The van der Waals surface area contributed by atoms with Gasteiger partial charge in [0.05, 0.1) is 5.39 Å². The van der Waals surface area contributed by atoms with Crippen molar-refractivity contribution >= 4 is 26.9 Å². The zero-order valence-corrected chi connectivity index (χ0v) is 9.30. The molecule has 0 radical (unpaired) electrons. The van der Waals surface area contributed by atoms with E-state index in [-0.39, 0.29) is 5.43 Å². The molecule has 1 aromatic heterocycles. The van der Waals surface area contributed by atoms with Crippen molar-refractivity contribution in [2.24, 2.45) is 0 Å². The average Bonchev–Trinajstić information content (AvgIpc) is 2.23. The van der Waals surface area contributed by atoms with E-state index >= 15 is 0 Å². The average molecular weight is 253 g/mol. The van der Waals surface area contributed by atoms with Gasteiger partial charge >= 0.3 is 0 Å². The summed E-state index contributed by atoms with van der Waals surface area (Å²) in [7, 11) is 0. The monoisotopic (exact) mass is 252 g/mol. The van der Waals surface area contributed by atoms with Gasteiger partial charge in [-0.25, -0.2) is 0 Å². The van der Waals surface area contributed by atoms with Crippen molar-refractivity contribution in [2.75, 3.05) is 0 Å². The smallest absolute Gasteiger partial charge is 0.206 e.